The van der Waals surface area contributed by atoms with Crippen LogP contribution in [0.1, 0.15) is 31.4 Å². The summed E-state index contributed by atoms with van der Waals surface area (Å²) in [5.74, 6) is 0.525. The minimum absolute atomic E-state index is 0.0299. The van der Waals surface area contributed by atoms with Crippen LogP contribution in [0.5, 0.6) is 0 Å². The second-order valence-electron chi connectivity index (χ2n) is 5.90. The van der Waals surface area contributed by atoms with Crippen LogP contribution in [0.15, 0.2) is 52.0 Å². The Kier molecular flexibility index (Phi) is 5.01. The molecule has 0 aliphatic heterocycles. The first-order valence-corrected chi connectivity index (χ1v) is 9.46. The number of nitrogens with one attached hydrogen (secondary N) is 2. The SMILES string of the molecule is O=C(Nc1cccc(S(=O)(=O)NCc2ccco2)c1)C1CCCC1. The van der Waals surface area contributed by atoms with Crippen molar-refractivity contribution in [3.63, 3.8) is 0 Å². The van der Waals surface area contributed by atoms with Gasteiger partial charge in [0.2, 0.25) is 15.9 Å². The minimum Gasteiger partial charge on any atom is -0.468 e. The quantitative estimate of drug-likeness (QED) is 0.840. The molecular formula is C17H20N2O4S. The topological polar surface area (TPSA) is 88.4 Å². The number of rotatable bonds is 6. The molecule has 24 heavy (non-hydrogen) atoms. The molecule has 1 fully saturated rings. The molecule has 1 saturated carbocycles. The number of furan rings is 1. The summed E-state index contributed by atoms with van der Waals surface area (Å²) in [5, 5.41) is 2.82. The maximum Gasteiger partial charge on any atom is 0.241 e. The Bertz CT molecular complexity index is 794. The number of carbonyl (C=O) groups excluding carboxylic acids is 1. The van der Waals surface area contributed by atoms with Gasteiger partial charge in [0, 0.05) is 11.6 Å². The summed E-state index contributed by atoms with van der Waals surface area (Å²) in [6.07, 6.45) is 5.43. The summed E-state index contributed by atoms with van der Waals surface area (Å²) in [7, 11) is -3.67. The monoisotopic (exact) mass is 348 g/mol. The van der Waals surface area contributed by atoms with Gasteiger partial charge in [0.15, 0.2) is 0 Å². The molecule has 0 radical (unpaired) electrons. The van der Waals surface area contributed by atoms with E-state index in [2.05, 4.69) is 10.0 Å². The summed E-state index contributed by atoms with van der Waals surface area (Å²) in [4.78, 5) is 12.3. The smallest absolute Gasteiger partial charge is 0.241 e. The van der Waals surface area contributed by atoms with E-state index >= 15 is 0 Å². The Balaban J connectivity index is 1.68. The Hall–Kier alpha value is -2.12. The summed E-state index contributed by atoms with van der Waals surface area (Å²) in [5.41, 5.74) is 0.493. The van der Waals surface area contributed by atoms with E-state index in [1.165, 1.54) is 18.4 Å². The molecule has 0 spiro atoms. The lowest BCUT2D eigenvalue weighted by molar-refractivity contribution is -0.119. The van der Waals surface area contributed by atoms with Crippen LogP contribution < -0.4 is 10.0 Å². The van der Waals surface area contributed by atoms with Crippen molar-refractivity contribution in [3.8, 4) is 0 Å². The van der Waals surface area contributed by atoms with E-state index in [9.17, 15) is 13.2 Å². The molecular weight excluding hydrogens is 328 g/mol. The lowest BCUT2D eigenvalue weighted by Crippen LogP contribution is -2.24. The average Bonchev–Trinajstić information content (AvgIpc) is 3.27. The number of benzene rings is 1. The van der Waals surface area contributed by atoms with Crippen molar-refractivity contribution < 1.29 is 17.6 Å². The van der Waals surface area contributed by atoms with Crippen LogP contribution in [0.2, 0.25) is 0 Å². The van der Waals surface area contributed by atoms with Crippen molar-refractivity contribution in [2.45, 2.75) is 37.1 Å². The van der Waals surface area contributed by atoms with Crippen LogP contribution in [0.25, 0.3) is 0 Å². The van der Waals surface area contributed by atoms with E-state index in [0.717, 1.165) is 25.7 Å². The van der Waals surface area contributed by atoms with Gasteiger partial charge in [0.25, 0.3) is 0 Å². The van der Waals surface area contributed by atoms with E-state index in [1.807, 2.05) is 0 Å². The van der Waals surface area contributed by atoms with E-state index in [0.29, 0.717) is 11.4 Å². The number of sulfonamides is 1. The zero-order chi connectivity index (χ0) is 17.0. The van der Waals surface area contributed by atoms with Gasteiger partial charge in [-0.1, -0.05) is 18.9 Å². The van der Waals surface area contributed by atoms with Gasteiger partial charge in [-0.25, -0.2) is 13.1 Å². The number of hydrogen-bond acceptors (Lipinski definition) is 4. The Morgan fingerprint density at radius 2 is 1.96 bits per heavy atom. The van der Waals surface area contributed by atoms with Crippen molar-refractivity contribution in [1.82, 2.24) is 4.72 Å². The van der Waals surface area contributed by atoms with Gasteiger partial charge in [-0.15, -0.1) is 0 Å². The summed E-state index contributed by atoms with van der Waals surface area (Å²) in [6, 6.07) is 9.67. The third-order valence-corrected chi connectivity index (χ3v) is 5.55. The molecule has 1 aliphatic carbocycles. The standard InChI is InChI=1S/C17H20N2O4S/c20-17(13-5-1-2-6-13)19-14-7-3-9-16(11-14)24(21,22)18-12-15-8-4-10-23-15/h3-4,7-11,13,18H,1-2,5-6,12H2,(H,19,20). The van der Waals surface area contributed by atoms with Crippen molar-refractivity contribution in [2.24, 2.45) is 5.92 Å². The second-order valence-corrected chi connectivity index (χ2v) is 7.67. The second kappa shape index (κ2) is 7.19. The van der Waals surface area contributed by atoms with Gasteiger partial charge >= 0.3 is 0 Å². The third-order valence-electron chi connectivity index (χ3n) is 4.15. The largest absolute Gasteiger partial charge is 0.468 e. The number of hydrogen-bond donors (Lipinski definition) is 2. The molecule has 2 N–H and O–H groups in total. The molecule has 0 unspecified atom stereocenters. The molecule has 1 aromatic heterocycles. The fraction of sp³-hybridized carbons (Fsp3) is 0.353. The summed E-state index contributed by atoms with van der Waals surface area (Å²) >= 11 is 0. The zero-order valence-electron chi connectivity index (χ0n) is 13.2. The first-order chi connectivity index (χ1) is 11.5. The number of carbonyl (C=O) groups is 1. The van der Waals surface area contributed by atoms with Crippen molar-refractivity contribution in [1.29, 1.82) is 0 Å². The summed E-state index contributed by atoms with van der Waals surface area (Å²) < 4.78 is 32.3. The van der Waals surface area contributed by atoms with Gasteiger partial charge in [0.05, 0.1) is 17.7 Å². The number of amides is 1. The Morgan fingerprint density at radius 3 is 2.67 bits per heavy atom. The highest BCUT2D eigenvalue weighted by Crippen LogP contribution is 2.26. The van der Waals surface area contributed by atoms with Gasteiger partial charge in [-0.2, -0.15) is 0 Å². The Morgan fingerprint density at radius 1 is 1.17 bits per heavy atom. The van der Waals surface area contributed by atoms with Gasteiger partial charge in [-0.3, -0.25) is 4.79 Å². The molecule has 0 atom stereocenters. The molecule has 1 heterocycles. The highest BCUT2D eigenvalue weighted by Gasteiger charge is 2.23. The first-order valence-electron chi connectivity index (χ1n) is 7.97. The lowest BCUT2D eigenvalue weighted by Gasteiger charge is -2.12. The maximum absolute atomic E-state index is 12.4. The van der Waals surface area contributed by atoms with Gasteiger partial charge in [-0.05, 0) is 43.2 Å². The molecule has 1 aliphatic rings. The van der Waals surface area contributed by atoms with Crippen LogP contribution >= 0.6 is 0 Å². The van der Waals surface area contributed by atoms with Crippen LogP contribution in [-0.4, -0.2) is 14.3 Å². The Labute approximate surface area is 141 Å². The highest BCUT2D eigenvalue weighted by molar-refractivity contribution is 7.89. The molecule has 128 valence electrons. The molecule has 6 nitrogen and oxygen atoms in total. The normalized spacial score (nSPS) is 15.5. The molecule has 1 amide bonds. The molecule has 7 heteroatoms. The van der Waals surface area contributed by atoms with Crippen LogP contribution in [0.4, 0.5) is 5.69 Å². The number of anilines is 1. The molecule has 1 aromatic carbocycles. The summed E-state index contributed by atoms with van der Waals surface area (Å²) in [6.45, 7) is 0.0774. The van der Waals surface area contributed by atoms with Crippen LogP contribution in [0.3, 0.4) is 0 Å². The molecule has 0 bridgehead atoms. The van der Waals surface area contributed by atoms with Gasteiger partial charge < -0.3 is 9.73 Å². The molecule has 3 rings (SSSR count). The molecule has 2 aromatic rings. The predicted molar refractivity (Wildman–Crippen MR) is 89.8 cm³/mol. The maximum atomic E-state index is 12.4. The van der Waals surface area contributed by atoms with Crippen molar-refractivity contribution in [2.75, 3.05) is 5.32 Å². The van der Waals surface area contributed by atoms with Crippen molar-refractivity contribution in [3.05, 3.63) is 48.4 Å². The third kappa shape index (κ3) is 4.04. The zero-order valence-corrected chi connectivity index (χ0v) is 14.0. The fourth-order valence-corrected chi connectivity index (χ4v) is 3.87. The fourth-order valence-electron chi connectivity index (χ4n) is 2.84. The van der Waals surface area contributed by atoms with E-state index in [-0.39, 0.29) is 23.3 Å². The van der Waals surface area contributed by atoms with Gasteiger partial charge in [0.1, 0.15) is 5.76 Å². The highest BCUT2D eigenvalue weighted by atomic mass is 32.2. The van der Waals surface area contributed by atoms with Crippen LogP contribution in [0, 0.1) is 5.92 Å². The minimum atomic E-state index is -3.67. The van der Waals surface area contributed by atoms with E-state index in [1.54, 1.807) is 24.3 Å². The van der Waals surface area contributed by atoms with E-state index < -0.39 is 10.0 Å². The molecule has 0 saturated heterocycles. The van der Waals surface area contributed by atoms with Crippen molar-refractivity contribution >= 4 is 21.6 Å². The van der Waals surface area contributed by atoms with Crippen LogP contribution in [-0.2, 0) is 21.4 Å². The lowest BCUT2D eigenvalue weighted by atomic mass is 10.1. The van der Waals surface area contributed by atoms with E-state index in [4.69, 9.17) is 4.42 Å². The average molecular weight is 348 g/mol. The first kappa shape index (κ1) is 16.7. The predicted octanol–water partition coefficient (Wildman–Crippen LogP) is 2.89.